The number of nitrogen functional groups attached to an aromatic ring is 1. The van der Waals surface area contributed by atoms with Gasteiger partial charge in [0.2, 0.25) is 0 Å². The van der Waals surface area contributed by atoms with Gasteiger partial charge in [-0.2, -0.15) is 0 Å². The second kappa shape index (κ2) is 4.47. The van der Waals surface area contributed by atoms with Crippen molar-refractivity contribution < 1.29 is 14.6 Å². The fourth-order valence-corrected chi connectivity index (χ4v) is 0.914. The van der Waals surface area contributed by atoms with E-state index in [1.807, 2.05) is 12.1 Å². The molecule has 1 rings (SSSR count). The second-order valence-electron chi connectivity index (χ2n) is 2.59. The van der Waals surface area contributed by atoms with Gasteiger partial charge in [0, 0.05) is 11.3 Å². The van der Waals surface area contributed by atoms with Crippen molar-refractivity contribution in [2.24, 2.45) is 0 Å². The van der Waals surface area contributed by atoms with Gasteiger partial charge in [-0.3, -0.25) is 0 Å². The van der Waals surface area contributed by atoms with Gasteiger partial charge in [-0.1, -0.05) is 18.2 Å². The summed E-state index contributed by atoms with van der Waals surface area (Å²) in [7, 11) is 0. The standard InChI is InChI=1S/C9H11NO3/c10-8-4-2-1-3-7(8)5-13-6-9(11)12/h1-4H,5-6,10H2,(H,11,12). The van der Waals surface area contributed by atoms with Crippen LogP contribution in [0.5, 0.6) is 0 Å². The van der Waals surface area contributed by atoms with Crippen molar-refractivity contribution in [1.29, 1.82) is 0 Å². The number of anilines is 1. The number of benzene rings is 1. The van der Waals surface area contributed by atoms with E-state index >= 15 is 0 Å². The topological polar surface area (TPSA) is 72.5 Å². The molecule has 70 valence electrons. The molecule has 0 fully saturated rings. The highest BCUT2D eigenvalue weighted by Gasteiger charge is 1.99. The molecule has 0 amide bonds. The zero-order chi connectivity index (χ0) is 9.68. The maximum Gasteiger partial charge on any atom is 0.329 e. The fraction of sp³-hybridized carbons (Fsp3) is 0.222. The number of carbonyl (C=O) groups is 1. The van der Waals surface area contributed by atoms with E-state index in [9.17, 15) is 4.79 Å². The van der Waals surface area contributed by atoms with Crippen LogP contribution in [0.4, 0.5) is 5.69 Å². The van der Waals surface area contributed by atoms with E-state index < -0.39 is 5.97 Å². The summed E-state index contributed by atoms with van der Waals surface area (Å²) in [6.45, 7) is -0.0622. The Hall–Kier alpha value is -1.55. The van der Waals surface area contributed by atoms with E-state index in [0.29, 0.717) is 5.69 Å². The largest absolute Gasteiger partial charge is 0.480 e. The van der Waals surface area contributed by atoms with Crippen molar-refractivity contribution in [3.05, 3.63) is 29.8 Å². The van der Waals surface area contributed by atoms with Crippen LogP contribution in [-0.4, -0.2) is 17.7 Å². The predicted octanol–water partition coefficient (Wildman–Crippen LogP) is 0.870. The zero-order valence-electron chi connectivity index (χ0n) is 7.06. The average molecular weight is 181 g/mol. The lowest BCUT2D eigenvalue weighted by atomic mass is 10.2. The predicted molar refractivity (Wildman–Crippen MR) is 48.1 cm³/mol. The lowest BCUT2D eigenvalue weighted by Crippen LogP contribution is -2.07. The lowest BCUT2D eigenvalue weighted by Gasteiger charge is -2.04. The van der Waals surface area contributed by atoms with Crippen LogP contribution >= 0.6 is 0 Å². The maximum atomic E-state index is 10.1. The molecule has 4 nitrogen and oxygen atoms in total. The molecule has 13 heavy (non-hydrogen) atoms. The first-order valence-electron chi connectivity index (χ1n) is 3.83. The van der Waals surface area contributed by atoms with Crippen molar-refractivity contribution in [3.63, 3.8) is 0 Å². The Bertz CT molecular complexity index is 299. The van der Waals surface area contributed by atoms with E-state index in [1.54, 1.807) is 12.1 Å². The molecular weight excluding hydrogens is 170 g/mol. The number of para-hydroxylation sites is 1. The first kappa shape index (κ1) is 9.54. The molecule has 0 aliphatic carbocycles. The average Bonchev–Trinajstić information content (AvgIpc) is 2.08. The molecule has 0 saturated carbocycles. The maximum absolute atomic E-state index is 10.1. The van der Waals surface area contributed by atoms with Crippen LogP contribution < -0.4 is 5.73 Å². The number of nitrogens with two attached hydrogens (primary N) is 1. The minimum absolute atomic E-state index is 0.235. The van der Waals surface area contributed by atoms with Gasteiger partial charge in [-0.05, 0) is 6.07 Å². The van der Waals surface area contributed by atoms with Crippen molar-refractivity contribution in [3.8, 4) is 0 Å². The Kier molecular flexibility index (Phi) is 3.28. The van der Waals surface area contributed by atoms with Crippen molar-refractivity contribution in [1.82, 2.24) is 0 Å². The second-order valence-corrected chi connectivity index (χ2v) is 2.59. The van der Waals surface area contributed by atoms with Crippen LogP contribution in [0, 0.1) is 0 Å². The third kappa shape index (κ3) is 3.13. The Morgan fingerprint density at radius 2 is 2.15 bits per heavy atom. The molecule has 0 radical (unpaired) electrons. The minimum Gasteiger partial charge on any atom is -0.480 e. The van der Waals surface area contributed by atoms with E-state index in [4.69, 9.17) is 15.6 Å². The Balaban J connectivity index is 2.45. The van der Waals surface area contributed by atoms with E-state index in [2.05, 4.69) is 0 Å². The summed E-state index contributed by atoms with van der Waals surface area (Å²) in [5.74, 6) is -0.977. The Morgan fingerprint density at radius 3 is 2.77 bits per heavy atom. The van der Waals surface area contributed by atoms with Gasteiger partial charge in [-0.25, -0.2) is 4.79 Å². The van der Waals surface area contributed by atoms with Crippen LogP contribution in [0.25, 0.3) is 0 Å². The van der Waals surface area contributed by atoms with E-state index in [0.717, 1.165) is 5.56 Å². The van der Waals surface area contributed by atoms with Crippen molar-refractivity contribution >= 4 is 11.7 Å². The summed E-state index contributed by atoms with van der Waals surface area (Å²) < 4.78 is 4.88. The Labute approximate surface area is 75.9 Å². The number of rotatable bonds is 4. The van der Waals surface area contributed by atoms with Crippen LogP contribution in [0.1, 0.15) is 5.56 Å². The quantitative estimate of drug-likeness (QED) is 0.676. The first-order chi connectivity index (χ1) is 6.20. The van der Waals surface area contributed by atoms with E-state index in [1.165, 1.54) is 0 Å². The summed E-state index contributed by atoms with van der Waals surface area (Å²) in [6, 6.07) is 7.20. The zero-order valence-corrected chi connectivity index (χ0v) is 7.06. The summed E-state index contributed by atoms with van der Waals surface area (Å²) in [4.78, 5) is 10.1. The number of hydrogen-bond acceptors (Lipinski definition) is 3. The third-order valence-corrected chi connectivity index (χ3v) is 1.54. The first-order valence-corrected chi connectivity index (χ1v) is 3.83. The van der Waals surface area contributed by atoms with Crippen LogP contribution in [0.15, 0.2) is 24.3 Å². The van der Waals surface area contributed by atoms with Gasteiger partial charge in [0.1, 0.15) is 6.61 Å². The highest BCUT2D eigenvalue weighted by atomic mass is 16.5. The molecule has 0 spiro atoms. The molecule has 0 atom stereocenters. The monoisotopic (exact) mass is 181 g/mol. The smallest absolute Gasteiger partial charge is 0.329 e. The Morgan fingerprint density at radius 1 is 1.46 bits per heavy atom. The number of hydrogen-bond donors (Lipinski definition) is 2. The van der Waals surface area contributed by atoms with Crippen LogP contribution in [0.3, 0.4) is 0 Å². The highest BCUT2D eigenvalue weighted by molar-refractivity contribution is 5.68. The van der Waals surface area contributed by atoms with Gasteiger partial charge >= 0.3 is 5.97 Å². The van der Waals surface area contributed by atoms with Gasteiger partial charge in [0.15, 0.2) is 0 Å². The molecule has 1 aromatic carbocycles. The lowest BCUT2D eigenvalue weighted by molar-refractivity contribution is -0.142. The normalized spacial score (nSPS) is 9.85. The molecule has 0 aliphatic heterocycles. The van der Waals surface area contributed by atoms with Crippen molar-refractivity contribution in [2.45, 2.75) is 6.61 Å². The van der Waals surface area contributed by atoms with E-state index in [-0.39, 0.29) is 13.2 Å². The molecule has 0 aromatic heterocycles. The molecule has 0 unspecified atom stereocenters. The molecule has 0 bridgehead atoms. The summed E-state index contributed by atoms with van der Waals surface area (Å²) in [6.07, 6.45) is 0. The molecule has 3 N–H and O–H groups in total. The number of carboxylic acid groups (broad SMARTS) is 1. The summed E-state index contributed by atoms with van der Waals surface area (Å²) in [5.41, 5.74) is 7.04. The highest BCUT2D eigenvalue weighted by Crippen LogP contribution is 2.10. The van der Waals surface area contributed by atoms with Crippen LogP contribution in [0.2, 0.25) is 0 Å². The summed E-state index contributed by atoms with van der Waals surface area (Å²) >= 11 is 0. The number of carboxylic acids is 1. The molecule has 1 aromatic rings. The van der Waals surface area contributed by atoms with Gasteiger partial charge < -0.3 is 15.6 Å². The van der Waals surface area contributed by atoms with Gasteiger partial charge in [0.25, 0.3) is 0 Å². The van der Waals surface area contributed by atoms with Crippen LogP contribution in [-0.2, 0) is 16.1 Å². The van der Waals surface area contributed by atoms with Gasteiger partial charge in [-0.15, -0.1) is 0 Å². The third-order valence-electron chi connectivity index (χ3n) is 1.54. The molecule has 4 heteroatoms. The molecule has 0 heterocycles. The molecule has 0 saturated heterocycles. The summed E-state index contributed by atoms with van der Waals surface area (Å²) in [5, 5.41) is 8.30. The molecule has 0 aliphatic rings. The molecular formula is C9H11NO3. The van der Waals surface area contributed by atoms with Gasteiger partial charge in [0.05, 0.1) is 6.61 Å². The fourth-order valence-electron chi connectivity index (χ4n) is 0.914. The minimum atomic E-state index is -0.977. The van der Waals surface area contributed by atoms with Crippen molar-refractivity contribution in [2.75, 3.05) is 12.3 Å². The SMILES string of the molecule is Nc1ccccc1COCC(=O)O. The number of aliphatic carboxylic acids is 1. The number of ether oxygens (including phenoxy) is 1.